The molecule has 0 aromatic heterocycles. The van der Waals surface area contributed by atoms with Gasteiger partial charge in [0.2, 0.25) is 0 Å². The third-order valence-corrected chi connectivity index (χ3v) is 4.68. The molecule has 0 bridgehead atoms. The fraction of sp³-hybridized carbons (Fsp3) is 0.733. The molecule has 0 N–H and O–H groups in total. The van der Waals surface area contributed by atoms with Gasteiger partial charge in [0.1, 0.15) is 5.03 Å². The number of carbonyl (C=O) groups is 1. The summed E-state index contributed by atoms with van der Waals surface area (Å²) < 4.78 is 0. The first-order chi connectivity index (χ1) is 9.20. The Balaban J connectivity index is 1.98. The van der Waals surface area contributed by atoms with Crippen LogP contribution in [0.1, 0.15) is 58.8 Å². The molecule has 1 fully saturated rings. The van der Waals surface area contributed by atoms with Crippen LogP contribution in [-0.4, -0.2) is 22.4 Å². The number of hydrazone groups is 1. The molecule has 1 aliphatic heterocycles. The van der Waals surface area contributed by atoms with Crippen LogP contribution in [0, 0.1) is 5.92 Å². The average Bonchev–Trinajstić information content (AvgIpc) is 2.77. The highest BCUT2D eigenvalue weighted by Crippen LogP contribution is 2.32. The van der Waals surface area contributed by atoms with E-state index in [2.05, 4.69) is 12.0 Å². The number of unbranched alkanes of at least 4 members (excludes halogenated alkanes) is 1. The molecule has 106 valence electrons. The van der Waals surface area contributed by atoms with Crippen LogP contribution in [0.3, 0.4) is 0 Å². The lowest BCUT2D eigenvalue weighted by atomic mass is 9.86. The van der Waals surface area contributed by atoms with Crippen LogP contribution in [0.25, 0.3) is 0 Å². The van der Waals surface area contributed by atoms with Crippen molar-refractivity contribution < 1.29 is 4.79 Å². The Labute approximate surface area is 120 Å². The molecule has 0 saturated heterocycles. The number of rotatable bonds is 5. The average molecular weight is 280 g/mol. The summed E-state index contributed by atoms with van der Waals surface area (Å²) in [6, 6.07) is 0. The summed E-state index contributed by atoms with van der Waals surface area (Å²) in [5.74, 6) is 0.573. The summed E-state index contributed by atoms with van der Waals surface area (Å²) in [5, 5.41) is 8.57. The van der Waals surface area contributed by atoms with Crippen molar-refractivity contribution in [2.75, 3.05) is 6.54 Å². The summed E-state index contributed by atoms with van der Waals surface area (Å²) >= 11 is 1.63. The molecule has 0 amide bonds. The number of hydrogen-bond donors (Lipinski definition) is 0. The predicted octanol–water partition coefficient (Wildman–Crippen LogP) is 4.16. The van der Waals surface area contributed by atoms with Crippen molar-refractivity contribution in [3.63, 3.8) is 0 Å². The third kappa shape index (κ3) is 4.10. The Hall–Kier alpha value is -0.770. The molecule has 0 spiro atoms. The van der Waals surface area contributed by atoms with E-state index >= 15 is 0 Å². The van der Waals surface area contributed by atoms with Gasteiger partial charge in [-0.15, -0.1) is 0 Å². The topological polar surface area (TPSA) is 32.7 Å². The summed E-state index contributed by atoms with van der Waals surface area (Å²) in [4.78, 5) is 12.3. The van der Waals surface area contributed by atoms with Crippen LogP contribution in [-0.2, 0) is 4.79 Å². The highest BCUT2D eigenvalue weighted by atomic mass is 32.2. The van der Waals surface area contributed by atoms with Gasteiger partial charge in [0.15, 0.2) is 5.78 Å². The van der Waals surface area contributed by atoms with E-state index in [9.17, 15) is 4.79 Å². The van der Waals surface area contributed by atoms with E-state index in [1.54, 1.807) is 11.8 Å². The van der Waals surface area contributed by atoms with Crippen molar-refractivity contribution in [3.05, 3.63) is 11.1 Å². The second kappa shape index (κ2) is 7.13. The lowest BCUT2D eigenvalue weighted by Gasteiger charge is -2.20. The quantitative estimate of drug-likeness (QED) is 0.709. The predicted molar refractivity (Wildman–Crippen MR) is 82.0 cm³/mol. The van der Waals surface area contributed by atoms with E-state index in [4.69, 9.17) is 0 Å². The SMILES string of the molecule is CCCCN1N=C(C)SC1=CC(=O)C1CCCCC1. The summed E-state index contributed by atoms with van der Waals surface area (Å²) in [7, 11) is 0. The zero-order valence-electron chi connectivity index (χ0n) is 12.0. The Morgan fingerprint density at radius 2 is 2.16 bits per heavy atom. The molecule has 2 rings (SSSR count). The van der Waals surface area contributed by atoms with Gasteiger partial charge in [-0.25, -0.2) is 0 Å². The number of thioether (sulfide) groups is 1. The lowest BCUT2D eigenvalue weighted by Crippen LogP contribution is -2.19. The molecule has 0 atom stereocenters. The van der Waals surface area contributed by atoms with Crippen molar-refractivity contribution in [3.8, 4) is 0 Å². The van der Waals surface area contributed by atoms with Crippen molar-refractivity contribution >= 4 is 22.6 Å². The largest absolute Gasteiger partial charge is 0.294 e. The van der Waals surface area contributed by atoms with Crippen LogP contribution in [0.4, 0.5) is 0 Å². The van der Waals surface area contributed by atoms with E-state index in [0.29, 0.717) is 5.78 Å². The van der Waals surface area contributed by atoms with Gasteiger partial charge in [-0.3, -0.25) is 9.80 Å². The maximum Gasteiger partial charge on any atom is 0.161 e. The third-order valence-electron chi connectivity index (χ3n) is 3.76. The minimum atomic E-state index is 0.260. The van der Waals surface area contributed by atoms with Crippen molar-refractivity contribution in [1.29, 1.82) is 0 Å². The summed E-state index contributed by atoms with van der Waals surface area (Å²) in [6.45, 7) is 5.11. The Morgan fingerprint density at radius 3 is 2.84 bits per heavy atom. The number of nitrogens with zero attached hydrogens (tertiary/aromatic N) is 2. The van der Waals surface area contributed by atoms with Gasteiger partial charge in [-0.1, -0.05) is 44.4 Å². The zero-order chi connectivity index (χ0) is 13.7. The highest BCUT2D eigenvalue weighted by molar-refractivity contribution is 8.17. The van der Waals surface area contributed by atoms with Gasteiger partial charge in [0.05, 0.1) is 5.04 Å². The maximum atomic E-state index is 12.3. The minimum Gasteiger partial charge on any atom is -0.294 e. The Morgan fingerprint density at radius 1 is 1.42 bits per heavy atom. The second-order valence-electron chi connectivity index (χ2n) is 5.42. The molecule has 0 aromatic rings. The smallest absolute Gasteiger partial charge is 0.161 e. The fourth-order valence-corrected chi connectivity index (χ4v) is 3.50. The van der Waals surface area contributed by atoms with E-state index in [-0.39, 0.29) is 5.92 Å². The van der Waals surface area contributed by atoms with Gasteiger partial charge in [0, 0.05) is 18.5 Å². The van der Waals surface area contributed by atoms with Crippen LogP contribution in [0.15, 0.2) is 16.2 Å². The fourth-order valence-electron chi connectivity index (χ4n) is 2.64. The van der Waals surface area contributed by atoms with Crippen LogP contribution >= 0.6 is 11.8 Å². The van der Waals surface area contributed by atoms with Gasteiger partial charge in [-0.05, 0) is 26.2 Å². The number of allylic oxidation sites excluding steroid dienone is 1. The van der Waals surface area contributed by atoms with E-state index < -0.39 is 0 Å². The highest BCUT2D eigenvalue weighted by Gasteiger charge is 2.23. The Kier molecular flexibility index (Phi) is 5.49. The molecule has 4 heteroatoms. The van der Waals surface area contributed by atoms with Gasteiger partial charge < -0.3 is 0 Å². The van der Waals surface area contributed by atoms with Gasteiger partial charge in [-0.2, -0.15) is 5.10 Å². The standard InChI is InChI=1S/C15H24N2OS/c1-3-4-10-17-15(19-12(2)16-17)11-14(18)13-8-6-5-7-9-13/h11,13H,3-10H2,1-2H3. The molecule has 1 heterocycles. The van der Waals surface area contributed by atoms with Crippen molar-refractivity contribution in [2.45, 2.75) is 58.8 Å². The molecule has 19 heavy (non-hydrogen) atoms. The molecule has 0 unspecified atom stereocenters. The van der Waals surface area contributed by atoms with Crippen molar-refractivity contribution in [2.24, 2.45) is 11.0 Å². The summed E-state index contributed by atoms with van der Waals surface area (Å²) in [6.07, 6.45) is 9.97. The molecule has 0 radical (unpaired) electrons. The van der Waals surface area contributed by atoms with E-state index in [0.717, 1.165) is 42.3 Å². The normalized spacial score (nSPS) is 22.9. The molecule has 2 aliphatic rings. The first-order valence-electron chi connectivity index (χ1n) is 7.47. The molecule has 3 nitrogen and oxygen atoms in total. The molecule has 0 aromatic carbocycles. The van der Waals surface area contributed by atoms with E-state index in [1.807, 2.05) is 18.0 Å². The van der Waals surface area contributed by atoms with Crippen molar-refractivity contribution in [1.82, 2.24) is 5.01 Å². The lowest BCUT2D eigenvalue weighted by molar-refractivity contribution is -0.119. The van der Waals surface area contributed by atoms with Crippen LogP contribution in [0.5, 0.6) is 0 Å². The number of hydrogen-bond acceptors (Lipinski definition) is 4. The van der Waals surface area contributed by atoms with Gasteiger partial charge >= 0.3 is 0 Å². The first-order valence-corrected chi connectivity index (χ1v) is 8.28. The zero-order valence-corrected chi connectivity index (χ0v) is 12.8. The molecular weight excluding hydrogens is 256 g/mol. The molecule has 1 aliphatic carbocycles. The monoisotopic (exact) mass is 280 g/mol. The minimum absolute atomic E-state index is 0.260. The second-order valence-corrected chi connectivity index (χ2v) is 6.63. The number of ketones is 1. The van der Waals surface area contributed by atoms with E-state index in [1.165, 1.54) is 19.3 Å². The molecular formula is C15H24N2OS. The van der Waals surface area contributed by atoms with Crippen LogP contribution in [0.2, 0.25) is 0 Å². The molecule has 1 saturated carbocycles. The van der Waals surface area contributed by atoms with Crippen LogP contribution < -0.4 is 0 Å². The Bertz CT molecular complexity index is 384. The number of carbonyl (C=O) groups excluding carboxylic acids is 1. The van der Waals surface area contributed by atoms with Gasteiger partial charge in [0.25, 0.3) is 0 Å². The first kappa shape index (κ1) is 14.6. The maximum absolute atomic E-state index is 12.3. The summed E-state index contributed by atoms with van der Waals surface area (Å²) in [5.41, 5.74) is 0.